The van der Waals surface area contributed by atoms with Gasteiger partial charge in [-0.3, -0.25) is 9.48 Å². The van der Waals surface area contributed by atoms with E-state index in [0.29, 0.717) is 5.75 Å². The number of carbonyl (C=O) groups is 1. The minimum atomic E-state index is -2.54. The summed E-state index contributed by atoms with van der Waals surface area (Å²) in [6.45, 7) is 1.45. The van der Waals surface area contributed by atoms with Crippen molar-refractivity contribution in [1.29, 1.82) is 0 Å². The first-order valence-electron chi connectivity index (χ1n) is 5.60. The van der Waals surface area contributed by atoms with Crippen molar-refractivity contribution in [3.8, 4) is 0 Å². The van der Waals surface area contributed by atoms with Gasteiger partial charge in [-0.05, 0) is 12.7 Å². The van der Waals surface area contributed by atoms with Crippen LogP contribution in [0.15, 0.2) is 6.20 Å². The zero-order valence-electron chi connectivity index (χ0n) is 10.4. The molecule has 0 radical (unpaired) electrons. The molecule has 0 aliphatic carbocycles. The fourth-order valence-corrected chi connectivity index (χ4v) is 1.77. The number of hydrogen-bond acceptors (Lipinski definition) is 3. The van der Waals surface area contributed by atoms with Crippen molar-refractivity contribution in [2.75, 3.05) is 12.3 Å². The van der Waals surface area contributed by atoms with E-state index in [4.69, 9.17) is 0 Å². The standard InChI is InChI=1S/C11H17F2N3OS/c1-8-9(5-14-15(8)2)6-16(7-10(12)13)11(17)3-4-18/h5,10,18H,3-4,6-7H2,1-2H3. The minimum absolute atomic E-state index is 0.162. The molecule has 0 N–H and O–H groups in total. The number of amides is 1. The Morgan fingerprint density at radius 3 is 2.72 bits per heavy atom. The van der Waals surface area contributed by atoms with Crippen molar-refractivity contribution >= 4 is 18.5 Å². The Balaban J connectivity index is 2.77. The highest BCUT2D eigenvalue weighted by atomic mass is 32.1. The smallest absolute Gasteiger partial charge is 0.255 e. The van der Waals surface area contributed by atoms with Gasteiger partial charge in [-0.25, -0.2) is 8.78 Å². The van der Waals surface area contributed by atoms with Crippen LogP contribution in [0.5, 0.6) is 0 Å². The Bertz CT molecular complexity index is 409. The molecule has 0 saturated heterocycles. The van der Waals surface area contributed by atoms with Crippen LogP contribution in [0.25, 0.3) is 0 Å². The van der Waals surface area contributed by atoms with Crippen LogP contribution in [-0.4, -0.2) is 39.3 Å². The van der Waals surface area contributed by atoms with Crippen molar-refractivity contribution in [2.45, 2.75) is 26.3 Å². The van der Waals surface area contributed by atoms with Gasteiger partial charge < -0.3 is 4.90 Å². The van der Waals surface area contributed by atoms with Gasteiger partial charge in [0.2, 0.25) is 5.91 Å². The topological polar surface area (TPSA) is 38.1 Å². The van der Waals surface area contributed by atoms with Gasteiger partial charge in [-0.15, -0.1) is 0 Å². The molecule has 0 aliphatic rings. The number of aryl methyl sites for hydroxylation is 1. The van der Waals surface area contributed by atoms with Crippen molar-refractivity contribution < 1.29 is 13.6 Å². The van der Waals surface area contributed by atoms with E-state index < -0.39 is 13.0 Å². The van der Waals surface area contributed by atoms with Crippen LogP contribution in [0.3, 0.4) is 0 Å². The summed E-state index contributed by atoms with van der Waals surface area (Å²) in [5, 5.41) is 4.03. The van der Waals surface area contributed by atoms with Gasteiger partial charge in [-0.1, -0.05) is 0 Å². The second-order valence-electron chi connectivity index (χ2n) is 4.02. The van der Waals surface area contributed by atoms with E-state index in [1.165, 1.54) is 0 Å². The van der Waals surface area contributed by atoms with Crippen LogP contribution in [-0.2, 0) is 18.4 Å². The van der Waals surface area contributed by atoms with Gasteiger partial charge in [0.1, 0.15) is 0 Å². The van der Waals surface area contributed by atoms with Crippen molar-refractivity contribution in [1.82, 2.24) is 14.7 Å². The maximum atomic E-state index is 12.5. The summed E-state index contributed by atoms with van der Waals surface area (Å²) in [6, 6.07) is 0. The van der Waals surface area contributed by atoms with Crippen LogP contribution in [0.2, 0.25) is 0 Å². The molecular formula is C11H17F2N3OS. The highest BCUT2D eigenvalue weighted by molar-refractivity contribution is 7.80. The van der Waals surface area contributed by atoms with Crippen molar-refractivity contribution in [3.05, 3.63) is 17.5 Å². The summed E-state index contributed by atoms with van der Waals surface area (Å²) >= 11 is 3.94. The molecule has 4 nitrogen and oxygen atoms in total. The molecule has 1 aromatic heterocycles. The molecule has 1 aromatic rings. The number of halogens is 2. The number of aromatic nitrogens is 2. The van der Waals surface area contributed by atoms with Gasteiger partial charge >= 0.3 is 0 Å². The highest BCUT2D eigenvalue weighted by Crippen LogP contribution is 2.12. The molecule has 0 saturated carbocycles. The van der Waals surface area contributed by atoms with Crippen LogP contribution in [0.1, 0.15) is 17.7 Å². The minimum Gasteiger partial charge on any atom is -0.332 e. The molecule has 1 rings (SSSR count). The second-order valence-corrected chi connectivity index (χ2v) is 4.46. The van der Waals surface area contributed by atoms with Gasteiger partial charge in [0, 0.05) is 31.3 Å². The van der Waals surface area contributed by atoms with Gasteiger partial charge in [0.25, 0.3) is 6.43 Å². The van der Waals surface area contributed by atoms with E-state index in [1.807, 2.05) is 6.92 Å². The quantitative estimate of drug-likeness (QED) is 0.803. The maximum absolute atomic E-state index is 12.5. The molecule has 0 spiro atoms. The number of carbonyl (C=O) groups excluding carboxylic acids is 1. The molecule has 102 valence electrons. The predicted octanol–water partition coefficient (Wildman–Crippen LogP) is 1.64. The van der Waals surface area contributed by atoms with E-state index in [0.717, 1.165) is 16.2 Å². The summed E-state index contributed by atoms with van der Waals surface area (Å²) in [7, 11) is 1.77. The summed E-state index contributed by atoms with van der Waals surface area (Å²) in [6.07, 6.45) is -0.775. The van der Waals surface area contributed by atoms with Crippen LogP contribution in [0, 0.1) is 6.92 Å². The number of rotatable bonds is 6. The Morgan fingerprint density at radius 2 is 2.28 bits per heavy atom. The Hall–Kier alpha value is -1.11. The monoisotopic (exact) mass is 277 g/mol. The van der Waals surface area contributed by atoms with Crippen LogP contribution in [0.4, 0.5) is 8.78 Å². The fraction of sp³-hybridized carbons (Fsp3) is 0.636. The fourth-order valence-electron chi connectivity index (χ4n) is 1.58. The molecule has 0 aliphatic heterocycles. The summed E-state index contributed by atoms with van der Waals surface area (Å²) in [4.78, 5) is 12.9. The first kappa shape index (κ1) is 14.9. The summed E-state index contributed by atoms with van der Waals surface area (Å²) in [5.74, 6) is 0.0403. The van der Waals surface area contributed by atoms with Crippen LogP contribution < -0.4 is 0 Å². The third-order valence-electron chi connectivity index (χ3n) is 2.73. The predicted molar refractivity (Wildman–Crippen MR) is 67.8 cm³/mol. The third-order valence-corrected chi connectivity index (χ3v) is 2.96. The average Bonchev–Trinajstić information content (AvgIpc) is 2.60. The molecule has 0 fully saturated rings. The summed E-state index contributed by atoms with van der Waals surface area (Å²) < 4.78 is 26.6. The molecule has 0 atom stereocenters. The molecule has 7 heteroatoms. The lowest BCUT2D eigenvalue weighted by Gasteiger charge is -2.22. The second kappa shape index (κ2) is 6.72. The zero-order valence-corrected chi connectivity index (χ0v) is 11.3. The molecule has 18 heavy (non-hydrogen) atoms. The molecule has 0 bridgehead atoms. The van der Waals surface area contributed by atoms with Crippen molar-refractivity contribution in [3.63, 3.8) is 0 Å². The Morgan fingerprint density at radius 1 is 1.61 bits per heavy atom. The first-order chi connectivity index (χ1) is 8.45. The van der Waals surface area contributed by atoms with E-state index in [9.17, 15) is 13.6 Å². The first-order valence-corrected chi connectivity index (χ1v) is 6.23. The Kier molecular flexibility index (Phi) is 5.58. The van der Waals surface area contributed by atoms with E-state index >= 15 is 0 Å². The zero-order chi connectivity index (χ0) is 13.7. The van der Waals surface area contributed by atoms with Gasteiger partial charge in [-0.2, -0.15) is 17.7 Å². The van der Waals surface area contributed by atoms with E-state index in [-0.39, 0.29) is 18.9 Å². The van der Waals surface area contributed by atoms with E-state index in [2.05, 4.69) is 17.7 Å². The van der Waals surface area contributed by atoms with Crippen molar-refractivity contribution in [2.24, 2.45) is 7.05 Å². The SMILES string of the molecule is Cc1c(CN(CC(F)F)C(=O)CCS)cnn1C. The normalized spacial score (nSPS) is 11.0. The molecular weight excluding hydrogens is 260 g/mol. The lowest BCUT2D eigenvalue weighted by Crippen LogP contribution is -2.34. The highest BCUT2D eigenvalue weighted by Gasteiger charge is 2.19. The number of thiol groups is 1. The van der Waals surface area contributed by atoms with Gasteiger partial charge in [0.15, 0.2) is 0 Å². The average molecular weight is 277 g/mol. The molecule has 1 amide bonds. The maximum Gasteiger partial charge on any atom is 0.255 e. The van der Waals surface area contributed by atoms with Gasteiger partial charge in [0.05, 0.1) is 12.7 Å². The third kappa shape index (κ3) is 3.97. The number of nitrogens with zero attached hydrogens (tertiary/aromatic N) is 3. The Labute approximate surface area is 110 Å². The largest absolute Gasteiger partial charge is 0.332 e. The van der Waals surface area contributed by atoms with Crippen LogP contribution >= 0.6 is 12.6 Å². The lowest BCUT2D eigenvalue weighted by atomic mass is 10.2. The molecule has 0 aromatic carbocycles. The van der Waals surface area contributed by atoms with E-state index in [1.54, 1.807) is 17.9 Å². The number of hydrogen-bond donors (Lipinski definition) is 1. The molecule has 0 unspecified atom stereocenters. The lowest BCUT2D eigenvalue weighted by molar-refractivity contribution is -0.133. The molecule has 1 heterocycles. The number of alkyl halides is 2. The summed E-state index contributed by atoms with van der Waals surface area (Å²) in [5.41, 5.74) is 1.65.